The maximum Gasteiger partial charge on any atom is 0.278 e. The summed E-state index contributed by atoms with van der Waals surface area (Å²) < 4.78 is 0. The molecule has 0 bridgehead atoms. The van der Waals surface area contributed by atoms with Gasteiger partial charge >= 0.3 is 0 Å². The molecule has 2 heterocycles. The van der Waals surface area contributed by atoms with Crippen LogP contribution in [-0.2, 0) is 21.0 Å². The summed E-state index contributed by atoms with van der Waals surface area (Å²) in [5.41, 5.74) is 0.519. The highest BCUT2D eigenvalue weighted by molar-refractivity contribution is 6.17. The Bertz CT molecular complexity index is 847. The minimum Gasteiger partial charge on any atom is -0.370 e. The minimum absolute atomic E-state index is 0.111. The summed E-state index contributed by atoms with van der Waals surface area (Å²) in [6.45, 7) is 0.335. The average Bonchev–Trinajstić information content (AvgIpc) is 3.45. The zero-order valence-electron chi connectivity index (χ0n) is 14.2. The number of rotatable bonds is 6. The predicted molar refractivity (Wildman–Crippen MR) is 95.2 cm³/mol. The van der Waals surface area contributed by atoms with Crippen LogP contribution in [0, 0.1) is 5.92 Å². The molecule has 4 rings (SSSR count). The summed E-state index contributed by atoms with van der Waals surface area (Å²) in [4.78, 5) is 35.6. The molecule has 0 radical (unpaired) electrons. The van der Waals surface area contributed by atoms with Gasteiger partial charge in [-0.15, -0.1) is 0 Å². The molecule has 2 aromatic rings. The van der Waals surface area contributed by atoms with E-state index in [1.165, 1.54) is 0 Å². The molecule has 26 heavy (non-hydrogen) atoms. The lowest BCUT2D eigenvalue weighted by Crippen LogP contribution is -2.53. The van der Waals surface area contributed by atoms with Crippen molar-refractivity contribution in [3.05, 3.63) is 66.0 Å². The number of nitrogens with zero attached hydrogens (tertiary/aromatic N) is 2. The molecule has 1 unspecified atom stereocenters. The highest BCUT2D eigenvalue weighted by Crippen LogP contribution is 2.39. The molecule has 0 spiro atoms. The van der Waals surface area contributed by atoms with Gasteiger partial charge in [-0.25, -0.2) is 0 Å². The van der Waals surface area contributed by atoms with E-state index in [0.717, 1.165) is 18.4 Å². The van der Waals surface area contributed by atoms with Crippen LogP contribution in [0.25, 0.3) is 0 Å². The fourth-order valence-electron chi connectivity index (χ4n) is 3.07. The lowest BCUT2D eigenvalue weighted by Gasteiger charge is -2.24. The standard InChI is InChI=1S/C20H19N3O3/c24-18(15-9-10-15)20(19(25)22-13-14-6-2-1-3-7-14)12-17(23-26-20)16-8-4-5-11-21-16/h1-8,11,15H,9-10,12-13H2,(H,22,25). The maximum absolute atomic E-state index is 12.9. The summed E-state index contributed by atoms with van der Waals surface area (Å²) in [6, 6.07) is 15.0. The Kier molecular flexibility index (Phi) is 4.24. The number of aromatic nitrogens is 1. The van der Waals surface area contributed by atoms with Gasteiger partial charge in [-0.3, -0.25) is 14.6 Å². The number of nitrogens with one attached hydrogen (secondary N) is 1. The van der Waals surface area contributed by atoms with Gasteiger partial charge in [0.1, 0.15) is 5.71 Å². The van der Waals surface area contributed by atoms with E-state index < -0.39 is 11.5 Å². The van der Waals surface area contributed by atoms with Gasteiger partial charge in [0.05, 0.1) is 12.1 Å². The van der Waals surface area contributed by atoms with Crippen LogP contribution in [0.5, 0.6) is 0 Å². The smallest absolute Gasteiger partial charge is 0.278 e. The third kappa shape index (κ3) is 3.10. The molecule has 1 aliphatic heterocycles. The quantitative estimate of drug-likeness (QED) is 0.811. The van der Waals surface area contributed by atoms with Gasteiger partial charge < -0.3 is 10.2 Å². The van der Waals surface area contributed by atoms with E-state index in [1.807, 2.05) is 36.4 Å². The molecule has 1 fully saturated rings. The Balaban J connectivity index is 1.53. The van der Waals surface area contributed by atoms with Crippen molar-refractivity contribution in [2.75, 3.05) is 0 Å². The summed E-state index contributed by atoms with van der Waals surface area (Å²) in [5, 5.41) is 6.88. The number of oxime groups is 1. The molecular formula is C20H19N3O3. The molecule has 1 saturated carbocycles. The van der Waals surface area contributed by atoms with E-state index in [4.69, 9.17) is 4.84 Å². The van der Waals surface area contributed by atoms with Gasteiger partial charge in [0.2, 0.25) is 0 Å². The van der Waals surface area contributed by atoms with Crippen molar-refractivity contribution in [1.82, 2.24) is 10.3 Å². The SMILES string of the molecule is O=C(NCc1ccccc1)C1(C(=O)C2CC2)CC(c2ccccn2)=NO1. The second kappa shape index (κ2) is 6.71. The van der Waals surface area contributed by atoms with E-state index >= 15 is 0 Å². The average molecular weight is 349 g/mol. The van der Waals surface area contributed by atoms with E-state index in [1.54, 1.807) is 18.3 Å². The fraction of sp³-hybridized carbons (Fsp3) is 0.300. The molecule has 6 nitrogen and oxygen atoms in total. The lowest BCUT2D eigenvalue weighted by molar-refractivity contribution is -0.157. The van der Waals surface area contributed by atoms with Crippen LogP contribution in [0.1, 0.15) is 30.5 Å². The third-order valence-electron chi connectivity index (χ3n) is 4.70. The molecule has 1 aromatic heterocycles. The summed E-state index contributed by atoms with van der Waals surface area (Å²) in [5.74, 6) is -0.735. The fourth-order valence-corrected chi connectivity index (χ4v) is 3.07. The first-order chi connectivity index (χ1) is 12.7. The first-order valence-corrected chi connectivity index (χ1v) is 8.72. The van der Waals surface area contributed by atoms with Crippen molar-refractivity contribution < 1.29 is 14.4 Å². The number of pyridine rings is 1. The van der Waals surface area contributed by atoms with Crippen molar-refractivity contribution in [3.63, 3.8) is 0 Å². The third-order valence-corrected chi connectivity index (χ3v) is 4.70. The Morgan fingerprint density at radius 2 is 1.88 bits per heavy atom. The summed E-state index contributed by atoms with van der Waals surface area (Å²) in [7, 11) is 0. The minimum atomic E-state index is -1.58. The zero-order chi connectivity index (χ0) is 18.0. The number of hydrogen-bond donors (Lipinski definition) is 1. The first kappa shape index (κ1) is 16.4. The Hall–Kier alpha value is -3.02. The topological polar surface area (TPSA) is 80.7 Å². The predicted octanol–water partition coefficient (Wildman–Crippen LogP) is 2.24. The molecule has 0 saturated heterocycles. The molecule has 2 aliphatic rings. The van der Waals surface area contributed by atoms with Crippen LogP contribution in [0.4, 0.5) is 0 Å². The van der Waals surface area contributed by atoms with Gasteiger partial charge in [-0.05, 0) is 30.5 Å². The van der Waals surface area contributed by atoms with E-state index in [-0.39, 0.29) is 18.1 Å². The normalized spacial score (nSPS) is 21.6. The summed E-state index contributed by atoms with van der Waals surface area (Å²) >= 11 is 0. The van der Waals surface area contributed by atoms with Gasteiger partial charge in [0, 0.05) is 18.7 Å². The van der Waals surface area contributed by atoms with Gasteiger partial charge in [-0.2, -0.15) is 0 Å². The molecule has 1 atom stereocenters. The van der Waals surface area contributed by atoms with Gasteiger partial charge in [0.15, 0.2) is 5.78 Å². The number of hydrogen-bond acceptors (Lipinski definition) is 5. The Labute approximate surface area is 151 Å². The van der Waals surface area contributed by atoms with Crippen molar-refractivity contribution in [2.24, 2.45) is 11.1 Å². The second-order valence-electron chi connectivity index (χ2n) is 6.65. The number of ketones is 1. The molecule has 1 aliphatic carbocycles. The molecule has 6 heteroatoms. The molecular weight excluding hydrogens is 330 g/mol. The number of benzene rings is 1. The van der Waals surface area contributed by atoms with Crippen molar-refractivity contribution >= 4 is 17.4 Å². The Morgan fingerprint density at radius 3 is 2.58 bits per heavy atom. The maximum atomic E-state index is 12.9. The number of carbonyl (C=O) groups excluding carboxylic acids is 2. The molecule has 132 valence electrons. The van der Waals surface area contributed by atoms with Crippen molar-refractivity contribution in [3.8, 4) is 0 Å². The second-order valence-corrected chi connectivity index (χ2v) is 6.65. The highest BCUT2D eigenvalue weighted by Gasteiger charge is 2.57. The van der Waals surface area contributed by atoms with E-state index in [9.17, 15) is 9.59 Å². The van der Waals surface area contributed by atoms with E-state index in [0.29, 0.717) is 18.0 Å². The van der Waals surface area contributed by atoms with Gasteiger partial charge in [-0.1, -0.05) is 41.6 Å². The van der Waals surface area contributed by atoms with Crippen LogP contribution in [0.3, 0.4) is 0 Å². The lowest BCUT2D eigenvalue weighted by atomic mass is 9.87. The first-order valence-electron chi connectivity index (χ1n) is 8.72. The van der Waals surface area contributed by atoms with Crippen molar-refractivity contribution in [1.29, 1.82) is 0 Å². The van der Waals surface area contributed by atoms with Crippen LogP contribution in [0.15, 0.2) is 59.9 Å². The highest BCUT2D eigenvalue weighted by atomic mass is 16.7. The van der Waals surface area contributed by atoms with Crippen LogP contribution in [0.2, 0.25) is 0 Å². The molecule has 1 aromatic carbocycles. The zero-order valence-corrected chi connectivity index (χ0v) is 14.2. The molecule has 1 amide bonds. The largest absolute Gasteiger partial charge is 0.370 e. The van der Waals surface area contributed by atoms with Crippen LogP contribution in [-0.4, -0.2) is 28.0 Å². The van der Waals surface area contributed by atoms with Gasteiger partial charge in [0.25, 0.3) is 11.5 Å². The Morgan fingerprint density at radius 1 is 1.12 bits per heavy atom. The number of carbonyl (C=O) groups is 2. The molecule has 1 N–H and O–H groups in total. The van der Waals surface area contributed by atoms with Crippen LogP contribution >= 0.6 is 0 Å². The summed E-state index contributed by atoms with van der Waals surface area (Å²) in [6.07, 6.45) is 3.36. The van der Waals surface area contributed by atoms with Crippen molar-refractivity contribution in [2.45, 2.75) is 31.4 Å². The monoisotopic (exact) mass is 349 g/mol. The number of Topliss-reactive ketones (excluding diaryl/α,β-unsaturated/α-hetero) is 1. The van der Waals surface area contributed by atoms with E-state index in [2.05, 4.69) is 15.5 Å². The number of amides is 1. The van der Waals surface area contributed by atoms with Crippen LogP contribution < -0.4 is 5.32 Å².